The van der Waals surface area contributed by atoms with Crippen molar-refractivity contribution in [2.24, 2.45) is 17.6 Å². The fourth-order valence-corrected chi connectivity index (χ4v) is 4.01. The second-order valence-corrected chi connectivity index (χ2v) is 7.71. The molecule has 2 aromatic heterocycles. The number of primary amides is 1. The Kier molecular flexibility index (Phi) is 6.18. The number of pyridine rings is 1. The largest absolute Gasteiger partial charge is 0.477 e. The maximum atomic E-state index is 13.0. The van der Waals surface area contributed by atoms with Crippen molar-refractivity contribution in [1.82, 2.24) is 20.0 Å². The summed E-state index contributed by atoms with van der Waals surface area (Å²) in [6.45, 7) is 1.05. The van der Waals surface area contributed by atoms with Gasteiger partial charge in [-0.3, -0.25) is 24.4 Å². The van der Waals surface area contributed by atoms with Crippen LogP contribution in [0.5, 0.6) is 5.88 Å². The second-order valence-electron chi connectivity index (χ2n) is 7.71. The summed E-state index contributed by atoms with van der Waals surface area (Å²) in [7, 11) is 0. The number of carbonyl (C=O) groups excluding carboxylic acids is 2. The molecule has 9 nitrogen and oxygen atoms in total. The van der Waals surface area contributed by atoms with E-state index in [-0.39, 0.29) is 17.9 Å². The van der Waals surface area contributed by atoms with Crippen molar-refractivity contribution in [2.75, 3.05) is 13.2 Å². The van der Waals surface area contributed by atoms with Crippen LogP contribution < -0.4 is 10.5 Å². The molecule has 1 saturated carbocycles. The summed E-state index contributed by atoms with van der Waals surface area (Å²) >= 11 is 0. The molecule has 2 N–H and O–H groups in total. The first-order chi connectivity index (χ1) is 14.6. The summed E-state index contributed by atoms with van der Waals surface area (Å²) in [4.78, 5) is 42.3. The number of nitrogens with zero attached hydrogens (tertiary/aromatic N) is 4. The Labute approximate surface area is 174 Å². The zero-order valence-electron chi connectivity index (χ0n) is 16.6. The van der Waals surface area contributed by atoms with Gasteiger partial charge in [-0.15, -0.1) is 0 Å². The number of hydroxylamine groups is 2. The van der Waals surface area contributed by atoms with Crippen molar-refractivity contribution in [3.05, 3.63) is 48.2 Å². The number of aromatic nitrogens is 3. The Bertz CT molecular complexity index is 869. The lowest BCUT2D eigenvalue weighted by Crippen LogP contribution is -2.37. The second kappa shape index (κ2) is 9.17. The van der Waals surface area contributed by atoms with Crippen molar-refractivity contribution < 1.29 is 19.2 Å². The normalized spacial score (nSPS) is 23.9. The highest BCUT2D eigenvalue weighted by atomic mass is 16.7. The Morgan fingerprint density at radius 2 is 1.93 bits per heavy atom. The quantitative estimate of drug-likeness (QED) is 0.772. The minimum absolute atomic E-state index is 0.0335. The van der Waals surface area contributed by atoms with Crippen molar-refractivity contribution >= 4 is 11.8 Å². The van der Waals surface area contributed by atoms with Gasteiger partial charge < -0.3 is 10.5 Å². The van der Waals surface area contributed by atoms with Gasteiger partial charge in [-0.1, -0.05) is 0 Å². The van der Waals surface area contributed by atoms with E-state index in [4.69, 9.17) is 15.3 Å². The van der Waals surface area contributed by atoms with Gasteiger partial charge in [-0.25, -0.2) is 10.0 Å². The Morgan fingerprint density at radius 1 is 1.10 bits per heavy atom. The van der Waals surface area contributed by atoms with E-state index in [0.29, 0.717) is 30.6 Å². The van der Waals surface area contributed by atoms with Gasteiger partial charge in [0.05, 0.1) is 30.7 Å². The maximum absolute atomic E-state index is 13.0. The summed E-state index contributed by atoms with van der Waals surface area (Å²) in [6.07, 6.45) is 10.5. The third-order valence-corrected chi connectivity index (χ3v) is 5.73. The molecule has 4 rings (SSSR count). The van der Waals surface area contributed by atoms with Crippen molar-refractivity contribution in [3.63, 3.8) is 0 Å². The van der Waals surface area contributed by atoms with E-state index >= 15 is 0 Å². The first-order valence-corrected chi connectivity index (χ1v) is 10.2. The van der Waals surface area contributed by atoms with E-state index in [9.17, 15) is 9.59 Å². The van der Waals surface area contributed by atoms with Crippen LogP contribution in [0.4, 0.5) is 0 Å². The van der Waals surface area contributed by atoms with Crippen LogP contribution in [-0.4, -0.2) is 45.0 Å². The molecule has 0 bridgehead atoms. The molecule has 0 aromatic carbocycles. The fraction of sp³-hybridized carbons (Fsp3) is 0.476. The van der Waals surface area contributed by atoms with E-state index < -0.39 is 5.91 Å². The van der Waals surface area contributed by atoms with E-state index in [1.165, 1.54) is 11.3 Å². The molecular formula is C21H25N5O4. The van der Waals surface area contributed by atoms with Gasteiger partial charge in [0.1, 0.15) is 6.04 Å². The van der Waals surface area contributed by atoms with Gasteiger partial charge in [-0.05, 0) is 37.7 Å². The molecule has 0 spiro atoms. The van der Waals surface area contributed by atoms with E-state index in [1.54, 1.807) is 30.7 Å². The van der Waals surface area contributed by atoms with Crippen LogP contribution in [0.25, 0.3) is 0 Å². The lowest BCUT2D eigenvalue weighted by atomic mass is 9.81. The van der Waals surface area contributed by atoms with Crippen molar-refractivity contribution in [3.8, 4) is 5.88 Å². The number of ether oxygens (including phenoxy) is 1. The standard InChI is InChI=1S/C21H25N5O4/c22-20(27)16-5-6-19(25-11-16)29-13-14-1-3-15(4-2-14)21(28)26-18(7-10-30-26)17-12-23-8-9-24-17/h5-6,8-9,11-12,14-15,18H,1-4,7,10,13H2,(H2,22,27)/t14-,15-,18-/m0/s1. The molecule has 2 aliphatic rings. The van der Waals surface area contributed by atoms with Gasteiger partial charge in [0.15, 0.2) is 0 Å². The number of rotatable bonds is 6. The summed E-state index contributed by atoms with van der Waals surface area (Å²) < 4.78 is 5.75. The van der Waals surface area contributed by atoms with E-state index in [1.807, 2.05) is 0 Å². The molecule has 0 radical (unpaired) electrons. The summed E-state index contributed by atoms with van der Waals surface area (Å²) in [6, 6.07) is 3.08. The van der Waals surface area contributed by atoms with Gasteiger partial charge in [0.2, 0.25) is 17.7 Å². The van der Waals surface area contributed by atoms with E-state index in [2.05, 4.69) is 15.0 Å². The highest BCUT2D eigenvalue weighted by molar-refractivity contribution is 5.92. The molecule has 158 valence electrons. The van der Waals surface area contributed by atoms with Gasteiger partial charge in [-0.2, -0.15) is 0 Å². The van der Waals surface area contributed by atoms with Crippen LogP contribution in [0.2, 0.25) is 0 Å². The van der Waals surface area contributed by atoms with Crippen LogP contribution in [0.3, 0.4) is 0 Å². The molecule has 1 atom stereocenters. The monoisotopic (exact) mass is 411 g/mol. The van der Waals surface area contributed by atoms with Crippen LogP contribution in [0.1, 0.15) is 54.2 Å². The zero-order chi connectivity index (χ0) is 20.9. The van der Waals surface area contributed by atoms with Crippen LogP contribution in [0.15, 0.2) is 36.9 Å². The lowest BCUT2D eigenvalue weighted by molar-refractivity contribution is -0.183. The number of nitrogens with two attached hydrogens (primary N) is 1. The smallest absolute Gasteiger partial charge is 0.250 e. The highest BCUT2D eigenvalue weighted by Gasteiger charge is 2.38. The molecule has 2 amide bonds. The molecule has 0 unspecified atom stereocenters. The number of hydrogen-bond donors (Lipinski definition) is 1. The Morgan fingerprint density at radius 3 is 2.60 bits per heavy atom. The van der Waals surface area contributed by atoms with Crippen molar-refractivity contribution in [2.45, 2.75) is 38.1 Å². The highest BCUT2D eigenvalue weighted by Crippen LogP contribution is 2.35. The van der Waals surface area contributed by atoms with Gasteiger partial charge in [0, 0.05) is 37.0 Å². The maximum Gasteiger partial charge on any atom is 0.250 e. The third kappa shape index (κ3) is 4.56. The third-order valence-electron chi connectivity index (χ3n) is 5.73. The minimum atomic E-state index is -0.513. The van der Waals surface area contributed by atoms with Gasteiger partial charge in [0.25, 0.3) is 0 Å². The zero-order valence-corrected chi connectivity index (χ0v) is 16.6. The SMILES string of the molecule is NC(=O)c1ccc(OC[C@H]2CC[C@H](C(=O)N3OCC[C@H]3c3cnccn3)CC2)nc1. The molecule has 2 aromatic rings. The summed E-state index contributed by atoms with van der Waals surface area (Å²) in [5, 5.41) is 1.51. The molecular weight excluding hydrogens is 386 g/mol. The molecule has 30 heavy (non-hydrogen) atoms. The summed E-state index contributed by atoms with van der Waals surface area (Å²) in [5.41, 5.74) is 6.33. The number of amides is 2. The predicted octanol–water partition coefficient (Wildman–Crippen LogP) is 2.06. The fourth-order valence-electron chi connectivity index (χ4n) is 4.01. The predicted molar refractivity (Wildman–Crippen MR) is 106 cm³/mol. The van der Waals surface area contributed by atoms with Crippen molar-refractivity contribution in [1.29, 1.82) is 0 Å². The lowest BCUT2D eigenvalue weighted by Gasteiger charge is -2.31. The first-order valence-electron chi connectivity index (χ1n) is 10.2. The molecule has 1 aliphatic heterocycles. The molecule has 1 saturated heterocycles. The average Bonchev–Trinajstić information content (AvgIpc) is 3.28. The number of carbonyl (C=O) groups is 2. The molecule has 2 fully saturated rings. The first kappa shape index (κ1) is 20.2. The number of hydrogen-bond acceptors (Lipinski definition) is 7. The molecule has 1 aliphatic carbocycles. The van der Waals surface area contributed by atoms with Gasteiger partial charge >= 0.3 is 0 Å². The van der Waals surface area contributed by atoms with Crippen LogP contribution >= 0.6 is 0 Å². The molecule has 3 heterocycles. The van der Waals surface area contributed by atoms with Crippen LogP contribution in [0, 0.1) is 11.8 Å². The topological polar surface area (TPSA) is 121 Å². The Balaban J connectivity index is 1.27. The average molecular weight is 411 g/mol. The molecule has 9 heteroatoms. The van der Waals surface area contributed by atoms with Crippen LogP contribution in [-0.2, 0) is 9.63 Å². The van der Waals surface area contributed by atoms with E-state index in [0.717, 1.165) is 37.8 Å². The summed E-state index contributed by atoms with van der Waals surface area (Å²) in [5.74, 6) is 0.302. The minimum Gasteiger partial charge on any atom is -0.477 e. The Hall–Kier alpha value is -3.07.